The molecule has 2 unspecified atom stereocenters. The molecular formula is C12H15ClO. The zero-order chi connectivity index (χ0) is 10.3. The molecular weight excluding hydrogens is 196 g/mol. The molecule has 0 heterocycles. The van der Waals surface area contributed by atoms with E-state index in [0.717, 1.165) is 11.4 Å². The third-order valence-corrected chi connectivity index (χ3v) is 3.84. The molecule has 2 rings (SSSR count). The van der Waals surface area contributed by atoms with Gasteiger partial charge in [0.2, 0.25) is 0 Å². The first kappa shape index (κ1) is 10.0. The van der Waals surface area contributed by atoms with Crippen LogP contribution in [0.4, 0.5) is 0 Å². The molecule has 14 heavy (non-hydrogen) atoms. The van der Waals surface area contributed by atoms with Gasteiger partial charge in [-0.3, -0.25) is 0 Å². The second-order valence-corrected chi connectivity index (χ2v) is 5.05. The Hall–Kier alpha value is -0.530. The number of hydrogen-bond donors (Lipinski definition) is 1. The molecule has 1 aromatic rings. The van der Waals surface area contributed by atoms with Gasteiger partial charge in [0.15, 0.2) is 0 Å². The van der Waals surface area contributed by atoms with Crippen molar-refractivity contribution in [1.82, 2.24) is 0 Å². The van der Waals surface area contributed by atoms with E-state index in [1.807, 2.05) is 18.2 Å². The van der Waals surface area contributed by atoms with Crippen molar-refractivity contribution in [2.45, 2.75) is 32.3 Å². The summed E-state index contributed by atoms with van der Waals surface area (Å²) in [6.07, 6.45) is 0.639. The lowest BCUT2D eigenvalue weighted by molar-refractivity contribution is -0.0625. The molecule has 0 saturated heterocycles. The number of aliphatic hydroxyl groups is 1. The predicted octanol–water partition coefficient (Wildman–Crippen LogP) is 3.21. The van der Waals surface area contributed by atoms with Gasteiger partial charge < -0.3 is 5.11 Å². The van der Waals surface area contributed by atoms with Crippen LogP contribution in [-0.2, 0) is 0 Å². The molecule has 0 amide bonds. The molecule has 1 N–H and O–H groups in total. The third kappa shape index (κ3) is 1.35. The first-order valence-electron chi connectivity index (χ1n) is 4.96. The van der Waals surface area contributed by atoms with Gasteiger partial charge in [-0.05, 0) is 29.4 Å². The molecule has 0 aromatic heterocycles. The molecule has 1 aromatic carbocycles. The lowest BCUT2D eigenvalue weighted by Gasteiger charge is -2.49. The van der Waals surface area contributed by atoms with Crippen molar-refractivity contribution in [1.29, 1.82) is 0 Å². The Morgan fingerprint density at radius 2 is 2.00 bits per heavy atom. The van der Waals surface area contributed by atoms with Gasteiger partial charge in [-0.25, -0.2) is 0 Å². The Kier molecular flexibility index (Phi) is 2.32. The van der Waals surface area contributed by atoms with Crippen LogP contribution in [0.15, 0.2) is 24.3 Å². The average molecular weight is 211 g/mol. The number of aliphatic hydroxyl groups excluding tert-OH is 1. The van der Waals surface area contributed by atoms with Gasteiger partial charge in [0, 0.05) is 5.02 Å². The number of benzene rings is 1. The van der Waals surface area contributed by atoms with Crippen molar-refractivity contribution in [3.05, 3.63) is 34.9 Å². The van der Waals surface area contributed by atoms with Crippen LogP contribution >= 0.6 is 11.6 Å². The van der Waals surface area contributed by atoms with Crippen molar-refractivity contribution < 1.29 is 5.11 Å². The van der Waals surface area contributed by atoms with Gasteiger partial charge in [-0.15, -0.1) is 0 Å². The van der Waals surface area contributed by atoms with E-state index in [1.165, 1.54) is 5.56 Å². The lowest BCUT2D eigenvalue weighted by atomic mass is 9.58. The first-order valence-corrected chi connectivity index (χ1v) is 5.34. The maximum Gasteiger partial charge on any atom is 0.0603 e. The van der Waals surface area contributed by atoms with Gasteiger partial charge in [-0.2, -0.15) is 0 Å². The smallest absolute Gasteiger partial charge is 0.0603 e. The molecule has 0 bridgehead atoms. The Balaban J connectivity index is 2.30. The zero-order valence-corrected chi connectivity index (χ0v) is 9.25. The number of hydrogen-bond acceptors (Lipinski definition) is 1. The highest BCUT2D eigenvalue weighted by atomic mass is 35.5. The van der Waals surface area contributed by atoms with Crippen molar-refractivity contribution in [2.75, 3.05) is 0 Å². The summed E-state index contributed by atoms with van der Waals surface area (Å²) in [7, 11) is 0. The largest absolute Gasteiger partial charge is 0.393 e. The Morgan fingerprint density at radius 3 is 2.50 bits per heavy atom. The SMILES string of the molecule is CC1(C)C(O)CC1c1ccccc1Cl. The molecule has 1 aliphatic rings. The third-order valence-electron chi connectivity index (χ3n) is 3.50. The normalized spacial score (nSPS) is 29.7. The summed E-state index contributed by atoms with van der Waals surface area (Å²) in [6.45, 7) is 4.18. The molecule has 2 atom stereocenters. The van der Waals surface area contributed by atoms with Gasteiger partial charge in [-0.1, -0.05) is 43.6 Å². The Morgan fingerprint density at radius 1 is 1.36 bits per heavy atom. The van der Waals surface area contributed by atoms with E-state index >= 15 is 0 Å². The van der Waals surface area contributed by atoms with Gasteiger partial charge in [0.05, 0.1) is 6.10 Å². The van der Waals surface area contributed by atoms with Gasteiger partial charge in [0.25, 0.3) is 0 Å². The van der Waals surface area contributed by atoms with Crippen LogP contribution in [0.5, 0.6) is 0 Å². The second-order valence-electron chi connectivity index (χ2n) is 4.65. The maximum absolute atomic E-state index is 9.66. The van der Waals surface area contributed by atoms with Crippen LogP contribution in [0.25, 0.3) is 0 Å². The maximum atomic E-state index is 9.66. The minimum absolute atomic E-state index is 0.0367. The molecule has 0 spiro atoms. The van der Waals surface area contributed by atoms with Crippen molar-refractivity contribution in [2.24, 2.45) is 5.41 Å². The molecule has 1 fully saturated rings. The van der Waals surface area contributed by atoms with E-state index in [2.05, 4.69) is 19.9 Å². The van der Waals surface area contributed by atoms with E-state index < -0.39 is 0 Å². The average Bonchev–Trinajstić information content (AvgIpc) is 2.16. The second kappa shape index (κ2) is 3.25. The zero-order valence-electron chi connectivity index (χ0n) is 8.50. The van der Waals surface area contributed by atoms with Gasteiger partial charge >= 0.3 is 0 Å². The van der Waals surface area contributed by atoms with Crippen LogP contribution in [-0.4, -0.2) is 11.2 Å². The standard InChI is InChI=1S/C12H15ClO/c1-12(2)9(7-11(12)14)8-5-3-4-6-10(8)13/h3-6,9,11,14H,7H2,1-2H3. The fourth-order valence-corrected chi connectivity index (χ4v) is 2.46. The first-order chi connectivity index (χ1) is 6.53. The fourth-order valence-electron chi connectivity index (χ4n) is 2.19. The summed E-state index contributed by atoms with van der Waals surface area (Å²) in [4.78, 5) is 0. The van der Waals surface area contributed by atoms with E-state index in [0.29, 0.717) is 5.92 Å². The summed E-state index contributed by atoms with van der Waals surface area (Å²) >= 11 is 6.13. The van der Waals surface area contributed by atoms with Crippen LogP contribution in [0.1, 0.15) is 31.7 Å². The van der Waals surface area contributed by atoms with Crippen LogP contribution < -0.4 is 0 Å². The van der Waals surface area contributed by atoms with Crippen LogP contribution in [0, 0.1) is 5.41 Å². The molecule has 2 heteroatoms. The van der Waals surface area contributed by atoms with Crippen molar-refractivity contribution in [3.8, 4) is 0 Å². The van der Waals surface area contributed by atoms with E-state index in [9.17, 15) is 5.11 Å². The highest BCUT2D eigenvalue weighted by molar-refractivity contribution is 6.31. The highest BCUT2D eigenvalue weighted by Crippen LogP contribution is 2.53. The Labute approximate surface area is 89.7 Å². The number of halogens is 1. The summed E-state index contributed by atoms with van der Waals surface area (Å²) in [5.41, 5.74) is 1.13. The van der Waals surface area contributed by atoms with Gasteiger partial charge in [0.1, 0.15) is 0 Å². The van der Waals surface area contributed by atoms with Crippen molar-refractivity contribution in [3.63, 3.8) is 0 Å². The molecule has 1 saturated carbocycles. The topological polar surface area (TPSA) is 20.2 Å². The summed E-state index contributed by atoms with van der Waals surface area (Å²) in [5, 5.41) is 10.5. The molecule has 0 radical (unpaired) electrons. The van der Waals surface area contributed by atoms with Crippen molar-refractivity contribution >= 4 is 11.6 Å². The minimum atomic E-state index is -0.191. The fraction of sp³-hybridized carbons (Fsp3) is 0.500. The molecule has 0 aliphatic heterocycles. The lowest BCUT2D eigenvalue weighted by Crippen LogP contribution is -2.47. The molecule has 76 valence electrons. The van der Waals surface area contributed by atoms with E-state index in [-0.39, 0.29) is 11.5 Å². The summed E-state index contributed by atoms with van der Waals surface area (Å²) < 4.78 is 0. The van der Waals surface area contributed by atoms with Crippen LogP contribution in [0.3, 0.4) is 0 Å². The Bertz CT molecular complexity index is 346. The summed E-state index contributed by atoms with van der Waals surface area (Å²) in [6, 6.07) is 7.91. The quantitative estimate of drug-likeness (QED) is 0.755. The predicted molar refractivity (Wildman–Crippen MR) is 58.6 cm³/mol. The molecule has 1 aliphatic carbocycles. The van der Waals surface area contributed by atoms with E-state index in [4.69, 9.17) is 11.6 Å². The van der Waals surface area contributed by atoms with Crippen LogP contribution in [0.2, 0.25) is 5.02 Å². The minimum Gasteiger partial charge on any atom is -0.393 e. The number of rotatable bonds is 1. The van der Waals surface area contributed by atoms with E-state index in [1.54, 1.807) is 0 Å². The highest BCUT2D eigenvalue weighted by Gasteiger charge is 2.48. The molecule has 1 nitrogen and oxygen atoms in total. The summed E-state index contributed by atoms with van der Waals surface area (Å²) in [5.74, 6) is 0.395. The monoisotopic (exact) mass is 210 g/mol.